The lowest BCUT2D eigenvalue weighted by Gasteiger charge is -2.27. The second kappa shape index (κ2) is 11.5. The summed E-state index contributed by atoms with van der Waals surface area (Å²) in [4.78, 5) is 25.6. The molecule has 1 aromatic rings. The van der Waals surface area contributed by atoms with E-state index in [0.29, 0.717) is 12.3 Å². The molecule has 5 heteroatoms. The zero-order chi connectivity index (χ0) is 21.3. The molecule has 30 heavy (non-hydrogen) atoms. The van der Waals surface area contributed by atoms with Gasteiger partial charge in [0.15, 0.2) is 5.92 Å². The van der Waals surface area contributed by atoms with Gasteiger partial charge in [-0.3, -0.25) is 9.59 Å². The number of hydrogen-bond acceptors (Lipinski definition) is 5. The van der Waals surface area contributed by atoms with Gasteiger partial charge in [0.05, 0.1) is 19.3 Å². The molecule has 1 saturated carbocycles. The second-order valence-corrected chi connectivity index (χ2v) is 8.46. The van der Waals surface area contributed by atoms with E-state index in [2.05, 4.69) is 24.3 Å². The monoisotopic (exact) mass is 416 g/mol. The number of benzene rings is 1. The van der Waals surface area contributed by atoms with Crippen molar-refractivity contribution < 1.29 is 23.8 Å². The van der Waals surface area contributed by atoms with E-state index in [1.165, 1.54) is 37.7 Å². The standard InChI is InChI=1S/C25H36O5/c1-3-28-24(26)23(25(27)29-4-2)22(17-21-11-8-16-30-21)20-14-12-19(13-15-20)18-9-6-5-7-10-18/h12-15,18,21-23H,3-11,16-17H2,1-2H3. The zero-order valence-corrected chi connectivity index (χ0v) is 18.4. The molecule has 1 aliphatic heterocycles. The molecule has 1 aliphatic carbocycles. The summed E-state index contributed by atoms with van der Waals surface area (Å²) >= 11 is 0. The second-order valence-electron chi connectivity index (χ2n) is 8.46. The van der Waals surface area contributed by atoms with Gasteiger partial charge in [0.2, 0.25) is 0 Å². The van der Waals surface area contributed by atoms with Crippen molar-refractivity contribution in [3.8, 4) is 0 Å². The minimum absolute atomic E-state index is 0.0550. The van der Waals surface area contributed by atoms with Crippen LogP contribution >= 0.6 is 0 Å². The first-order valence-corrected chi connectivity index (χ1v) is 11.7. The number of esters is 2. The van der Waals surface area contributed by atoms with E-state index in [-0.39, 0.29) is 25.2 Å². The zero-order valence-electron chi connectivity index (χ0n) is 18.4. The van der Waals surface area contributed by atoms with Gasteiger partial charge in [-0.2, -0.15) is 0 Å². The van der Waals surface area contributed by atoms with Crippen LogP contribution in [0.25, 0.3) is 0 Å². The predicted molar refractivity (Wildman–Crippen MR) is 115 cm³/mol. The molecule has 2 unspecified atom stereocenters. The quantitative estimate of drug-likeness (QED) is 0.412. The summed E-state index contributed by atoms with van der Waals surface area (Å²) < 4.78 is 16.4. The van der Waals surface area contributed by atoms with Gasteiger partial charge in [0, 0.05) is 12.5 Å². The highest BCUT2D eigenvalue weighted by Gasteiger charge is 2.40. The van der Waals surface area contributed by atoms with Crippen molar-refractivity contribution in [3.05, 3.63) is 35.4 Å². The molecule has 2 fully saturated rings. The summed E-state index contributed by atoms with van der Waals surface area (Å²) in [6, 6.07) is 8.55. The van der Waals surface area contributed by atoms with Crippen molar-refractivity contribution in [3.63, 3.8) is 0 Å². The van der Waals surface area contributed by atoms with Crippen molar-refractivity contribution in [2.45, 2.75) is 83.2 Å². The molecule has 1 saturated heterocycles. The first-order chi connectivity index (χ1) is 14.6. The van der Waals surface area contributed by atoms with E-state index >= 15 is 0 Å². The molecule has 3 rings (SSSR count). The Morgan fingerprint density at radius 1 is 0.933 bits per heavy atom. The Hall–Kier alpha value is -1.88. The topological polar surface area (TPSA) is 61.8 Å². The summed E-state index contributed by atoms with van der Waals surface area (Å²) in [5, 5.41) is 0. The third-order valence-corrected chi connectivity index (χ3v) is 6.47. The summed E-state index contributed by atoms with van der Waals surface area (Å²) in [5.74, 6) is -1.66. The molecular formula is C25H36O5. The maximum atomic E-state index is 12.8. The molecule has 0 amide bonds. The van der Waals surface area contributed by atoms with Crippen LogP contribution in [0.1, 0.15) is 88.2 Å². The third kappa shape index (κ3) is 5.84. The summed E-state index contributed by atoms with van der Waals surface area (Å²) in [7, 11) is 0. The Kier molecular flexibility index (Phi) is 8.74. The first-order valence-electron chi connectivity index (χ1n) is 11.7. The molecule has 5 nitrogen and oxygen atoms in total. The molecule has 0 bridgehead atoms. The molecule has 166 valence electrons. The van der Waals surface area contributed by atoms with Crippen molar-refractivity contribution in [1.29, 1.82) is 0 Å². The van der Waals surface area contributed by atoms with Gasteiger partial charge >= 0.3 is 11.9 Å². The molecule has 1 heterocycles. The Labute approximate surface area is 180 Å². The Balaban J connectivity index is 1.87. The highest BCUT2D eigenvalue weighted by Crippen LogP contribution is 2.37. The average molecular weight is 417 g/mol. The molecular weight excluding hydrogens is 380 g/mol. The van der Waals surface area contributed by atoms with Crippen LogP contribution in [0.15, 0.2) is 24.3 Å². The molecule has 2 atom stereocenters. The fourth-order valence-corrected chi connectivity index (χ4v) is 4.92. The van der Waals surface area contributed by atoms with Crippen molar-refractivity contribution in [2.24, 2.45) is 5.92 Å². The van der Waals surface area contributed by atoms with E-state index in [9.17, 15) is 9.59 Å². The van der Waals surface area contributed by atoms with Gasteiger partial charge in [-0.25, -0.2) is 0 Å². The van der Waals surface area contributed by atoms with Gasteiger partial charge in [-0.05, 0) is 63.0 Å². The summed E-state index contributed by atoms with van der Waals surface area (Å²) in [6.45, 7) is 4.73. The van der Waals surface area contributed by atoms with Crippen LogP contribution in [0, 0.1) is 5.92 Å². The Morgan fingerprint density at radius 2 is 1.57 bits per heavy atom. The fraction of sp³-hybridized carbons (Fsp3) is 0.680. The minimum Gasteiger partial charge on any atom is -0.465 e. The van der Waals surface area contributed by atoms with Gasteiger partial charge in [-0.15, -0.1) is 0 Å². The highest BCUT2D eigenvalue weighted by molar-refractivity contribution is 5.96. The van der Waals surface area contributed by atoms with E-state index in [1.807, 2.05) is 0 Å². The van der Waals surface area contributed by atoms with Gasteiger partial charge in [0.1, 0.15) is 0 Å². The predicted octanol–water partition coefficient (Wildman–Crippen LogP) is 5.13. The smallest absolute Gasteiger partial charge is 0.320 e. The molecule has 0 spiro atoms. The van der Waals surface area contributed by atoms with Crippen LogP contribution in [0.2, 0.25) is 0 Å². The van der Waals surface area contributed by atoms with Crippen LogP contribution in [-0.2, 0) is 23.8 Å². The fourth-order valence-electron chi connectivity index (χ4n) is 4.92. The summed E-state index contributed by atoms with van der Waals surface area (Å²) in [5.41, 5.74) is 2.34. The highest BCUT2D eigenvalue weighted by atomic mass is 16.6. The van der Waals surface area contributed by atoms with Gasteiger partial charge < -0.3 is 14.2 Å². The van der Waals surface area contributed by atoms with Crippen LogP contribution in [0.5, 0.6) is 0 Å². The lowest BCUT2D eigenvalue weighted by atomic mass is 9.79. The van der Waals surface area contributed by atoms with Gasteiger partial charge in [-0.1, -0.05) is 43.5 Å². The third-order valence-electron chi connectivity index (χ3n) is 6.47. The van der Waals surface area contributed by atoms with E-state index in [0.717, 1.165) is 25.0 Å². The molecule has 0 radical (unpaired) electrons. The van der Waals surface area contributed by atoms with E-state index in [4.69, 9.17) is 14.2 Å². The van der Waals surface area contributed by atoms with Crippen LogP contribution in [0.3, 0.4) is 0 Å². The number of rotatable bonds is 9. The number of hydrogen-bond donors (Lipinski definition) is 0. The van der Waals surface area contributed by atoms with Crippen LogP contribution in [0.4, 0.5) is 0 Å². The van der Waals surface area contributed by atoms with E-state index < -0.39 is 17.9 Å². The summed E-state index contributed by atoms with van der Waals surface area (Å²) in [6.07, 6.45) is 9.05. The first kappa shape index (κ1) is 22.8. The lowest BCUT2D eigenvalue weighted by Crippen LogP contribution is -2.35. The van der Waals surface area contributed by atoms with Crippen molar-refractivity contribution in [2.75, 3.05) is 19.8 Å². The number of ether oxygens (including phenoxy) is 3. The normalized spacial score (nSPS) is 20.8. The van der Waals surface area contributed by atoms with Crippen molar-refractivity contribution >= 4 is 11.9 Å². The van der Waals surface area contributed by atoms with Gasteiger partial charge in [0.25, 0.3) is 0 Å². The SMILES string of the molecule is CCOC(=O)C(C(=O)OCC)C(CC1CCCO1)c1ccc(C2CCCCC2)cc1. The Bertz CT molecular complexity index is 653. The van der Waals surface area contributed by atoms with Crippen molar-refractivity contribution in [1.82, 2.24) is 0 Å². The minimum atomic E-state index is -0.963. The Morgan fingerprint density at radius 3 is 2.10 bits per heavy atom. The maximum absolute atomic E-state index is 12.8. The molecule has 1 aromatic carbocycles. The van der Waals surface area contributed by atoms with Crippen LogP contribution in [-0.4, -0.2) is 37.9 Å². The lowest BCUT2D eigenvalue weighted by molar-refractivity contribution is -0.163. The molecule has 2 aliphatic rings. The van der Waals surface area contributed by atoms with E-state index in [1.54, 1.807) is 13.8 Å². The molecule has 0 N–H and O–H groups in total. The average Bonchev–Trinajstić information content (AvgIpc) is 3.28. The largest absolute Gasteiger partial charge is 0.465 e. The number of carbonyl (C=O) groups excluding carboxylic acids is 2. The molecule has 0 aromatic heterocycles. The van der Waals surface area contributed by atoms with Crippen LogP contribution < -0.4 is 0 Å². The maximum Gasteiger partial charge on any atom is 0.320 e. The number of carbonyl (C=O) groups is 2.